The van der Waals surface area contributed by atoms with Gasteiger partial charge in [-0.15, -0.1) is 0 Å². The molecule has 0 N–H and O–H groups in total. The van der Waals surface area contributed by atoms with Crippen molar-refractivity contribution in [1.82, 2.24) is 4.98 Å². The van der Waals surface area contributed by atoms with Gasteiger partial charge >= 0.3 is 6.09 Å². The fourth-order valence-corrected chi connectivity index (χ4v) is 1.22. The summed E-state index contributed by atoms with van der Waals surface area (Å²) < 4.78 is 4.80. The van der Waals surface area contributed by atoms with Crippen molar-refractivity contribution in [2.24, 2.45) is 0 Å². The van der Waals surface area contributed by atoms with Crippen LogP contribution in [0, 0.1) is 6.92 Å². The van der Waals surface area contributed by atoms with Gasteiger partial charge < -0.3 is 4.74 Å². The molecule has 1 aliphatic rings. The van der Waals surface area contributed by atoms with Crippen LogP contribution in [0.4, 0.5) is 10.6 Å². The van der Waals surface area contributed by atoms with Crippen LogP contribution < -0.4 is 4.90 Å². The van der Waals surface area contributed by atoms with Crippen molar-refractivity contribution in [3.63, 3.8) is 0 Å². The molecule has 2 heterocycles. The van der Waals surface area contributed by atoms with Gasteiger partial charge in [0.15, 0.2) is 0 Å². The standard InChI is InChI=1S/C9H10N2O2/c1-7-2-3-8(10-6-7)11-4-5-13-9(11)12/h2-3,6H,4-5H2,1H3. The summed E-state index contributed by atoms with van der Waals surface area (Å²) in [6.07, 6.45) is 1.43. The molecule has 1 aromatic rings. The molecular weight excluding hydrogens is 168 g/mol. The second-order valence-corrected chi connectivity index (χ2v) is 2.96. The van der Waals surface area contributed by atoms with E-state index in [1.54, 1.807) is 6.20 Å². The van der Waals surface area contributed by atoms with Crippen molar-refractivity contribution in [3.05, 3.63) is 23.9 Å². The van der Waals surface area contributed by atoms with Gasteiger partial charge in [0.1, 0.15) is 12.4 Å². The molecule has 2 rings (SSSR count). The average molecular weight is 178 g/mol. The molecule has 4 heteroatoms. The predicted molar refractivity (Wildman–Crippen MR) is 47.7 cm³/mol. The minimum Gasteiger partial charge on any atom is -0.447 e. The quantitative estimate of drug-likeness (QED) is 0.651. The number of amides is 1. The number of anilines is 1. The first-order valence-corrected chi connectivity index (χ1v) is 4.14. The van der Waals surface area contributed by atoms with E-state index in [0.717, 1.165) is 5.56 Å². The second-order valence-electron chi connectivity index (χ2n) is 2.96. The zero-order chi connectivity index (χ0) is 9.26. The monoisotopic (exact) mass is 178 g/mol. The third kappa shape index (κ3) is 1.47. The van der Waals surface area contributed by atoms with Crippen molar-refractivity contribution in [2.45, 2.75) is 6.92 Å². The minimum atomic E-state index is -0.309. The van der Waals surface area contributed by atoms with Gasteiger partial charge in [-0.3, -0.25) is 4.90 Å². The van der Waals surface area contributed by atoms with Crippen LogP contribution in [0.3, 0.4) is 0 Å². The second kappa shape index (κ2) is 3.05. The van der Waals surface area contributed by atoms with E-state index >= 15 is 0 Å². The SMILES string of the molecule is Cc1ccc(N2CCOC2=O)nc1. The van der Waals surface area contributed by atoms with Gasteiger partial charge in [0, 0.05) is 6.20 Å². The summed E-state index contributed by atoms with van der Waals surface area (Å²) in [5, 5.41) is 0. The Hall–Kier alpha value is -1.58. The molecule has 1 fully saturated rings. The molecule has 0 spiro atoms. The summed E-state index contributed by atoms with van der Waals surface area (Å²) in [5.41, 5.74) is 1.08. The largest absolute Gasteiger partial charge is 0.447 e. The molecule has 68 valence electrons. The molecule has 0 aliphatic carbocycles. The van der Waals surface area contributed by atoms with Gasteiger partial charge in [0.25, 0.3) is 0 Å². The molecule has 1 saturated heterocycles. The van der Waals surface area contributed by atoms with E-state index in [1.807, 2.05) is 19.1 Å². The lowest BCUT2D eigenvalue weighted by Crippen LogP contribution is -2.24. The lowest BCUT2D eigenvalue weighted by Gasteiger charge is -2.10. The molecule has 0 atom stereocenters. The molecule has 0 saturated carbocycles. The maximum Gasteiger partial charge on any atom is 0.415 e. The van der Waals surface area contributed by atoms with E-state index in [2.05, 4.69) is 4.98 Å². The van der Waals surface area contributed by atoms with Crippen molar-refractivity contribution in [1.29, 1.82) is 0 Å². The van der Waals surface area contributed by atoms with Crippen molar-refractivity contribution in [2.75, 3.05) is 18.1 Å². The highest BCUT2D eigenvalue weighted by atomic mass is 16.6. The molecule has 0 radical (unpaired) electrons. The van der Waals surface area contributed by atoms with Gasteiger partial charge in [-0.1, -0.05) is 6.07 Å². The number of aryl methyl sites for hydroxylation is 1. The van der Waals surface area contributed by atoms with Crippen molar-refractivity contribution >= 4 is 11.9 Å². The van der Waals surface area contributed by atoms with Gasteiger partial charge in [-0.2, -0.15) is 0 Å². The Morgan fingerprint density at radius 3 is 2.92 bits per heavy atom. The summed E-state index contributed by atoms with van der Waals surface area (Å²) >= 11 is 0. The number of nitrogens with zero attached hydrogens (tertiary/aromatic N) is 2. The van der Waals surface area contributed by atoms with Crippen LogP contribution in [0.5, 0.6) is 0 Å². The van der Waals surface area contributed by atoms with E-state index < -0.39 is 0 Å². The number of hydrogen-bond acceptors (Lipinski definition) is 3. The zero-order valence-corrected chi connectivity index (χ0v) is 7.36. The number of pyridine rings is 1. The predicted octanol–water partition coefficient (Wildman–Crippen LogP) is 1.35. The molecule has 1 aliphatic heterocycles. The molecule has 1 aromatic heterocycles. The first-order chi connectivity index (χ1) is 6.27. The van der Waals surface area contributed by atoms with Crippen LogP contribution >= 0.6 is 0 Å². The van der Waals surface area contributed by atoms with Gasteiger partial charge in [0.05, 0.1) is 6.54 Å². The average Bonchev–Trinajstić information content (AvgIpc) is 2.53. The van der Waals surface area contributed by atoms with E-state index in [4.69, 9.17) is 4.74 Å². The number of aromatic nitrogens is 1. The molecule has 13 heavy (non-hydrogen) atoms. The summed E-state index contributed by atoms with van der Waals surface area (Å²) in [6, 6.07) is 3.75. The third-order valence-corrected chi connectivity index (χ3v) is 1.93. The van der Waals surface area contributed by atoms with Crippen LogP contribution in [0.25, 0.3) is 0 Å². The molecule has 0 aromatic carbocycles. The van der Waals surface area contributed by atoms with Crippen molar-refractivity contribution < 1.29 is 9.53 Å². The highest BCUT2D eigenvalue weighted by Gasteiger charge is 2.24. The van der Waals surface area contributed by atoms with Gasteiger partial charge in [0.2, 0.25) is 0 Å². The summed E-state index contributed by atoms with van der Waals surface area (Å²) in [5.74, 6) is 0.660. The Balaban J connectivity index is 2.25. The van der Waals surface area contributed by atoms with Crippen LogP contribution in [-0.2, 0) is 4.74 Å². The number of cyclic esters (lactones) is 1. The Morgan fingerprint density at radius 2 is 2.38 bits per heavy atom. The first-order valence-electron chi connectivity index (χ1n) is 4.14. The first kappa shape index (κ1) is 8.04. The van der Waals surface area contributed by atoms with Crippen LogP contribution in [0.2, 0.25) is 0 Å². The highest BCUT2D eigenvalue weighted by Crippen LogP contribution is 2.15. The minimum absolute atomic E-state index is 0.309. The highest BCUT2D eigenvalue weighted by molar-refractivity contribution is 5.87. The summed E-state index contributed by atoms with van der Waals surface area (Å²) in [6.45, 7) is 3.00. The lowest BCUT2D eigenvalue weighted by atomic mass is 10.3. The van der Waals surface area contributed by atoms with E-state index in [9.17, 15) is 4.79 Å². The smallest absolute Gasteiger partial charge is 0.415 e. The molecule has 0 unspecified atom stereocenters. The summed E-state index contributed by atoms with van der Waals surface area (Å²) in [7, 11) is 0. The maximum atomic E-state index is 11.1. The third-order valence-electron chi connectivity index (χ3n) is 1.93. The van der Waals surface area contributed by atoms with Gasteiger partial charge in [-0.25, -0.2) is 9.78 Å². The number of ether oxygens (including phenoxy) is 1. The van der Waals surface area contributed by atoms with Crippen LogP contribution in [-0.4, -0.2) is 24.2 Å². The molecule has 0 bridgehead atoms. The normalized spacial score (nSPS) is 16.1. The van der Waals surface area contributed by atoms with E-state index in [0.29, 0.717) is 19.0 Å². The lowest BCUT2D eigenvalue weighted by molar-refractivity contribution is 0.181. The van der Waals surface area contributed by atoms with Crippen molar-refractivity contribution in [3.8, 4) is 0 Å². The molecule has 1 amide bonds. The van der Waals surface area contributed by atoms with Crippen LogP contribution in [0.1, 0.15) is 5.56 Å². The fraction of sp³-hybridized carbons (Fsp3) is 0.333. The number of rotatable bonds is 1. The number of carbonyl (C=O) groups excluding carboxylic acids is 1. The van der Waals surface area contributed by atoms with Crippen LogP contribution in [0.15, 0.2) is 18.3 Å². The Kier molecular flexibility index (Phi) is 1.88. The zero-order valence-electron chi connectivity index (χ0n) is 7.36. The van der Waals surface area contributed by atoms with E-state index in [1.165, 1.54) is 4.90 Å². The van der Waals surface area contributed by atoms with Gasteiger partial charge in [-0.05, 0) is 18.6 Å². The molecular formula is C9H10N2O2. The Labute approximate surface area is 76.1 Å². The fourth-order valence-electron chi connectivity index (χ4n) is 1.22. The molecule has 4 nitrogen and oxygen atoms in total. The Morgan fingerprint density at radius 1 is 1.54 bits per heavy atom. The number of hydrogen-bond donors (Lipinski definition) is 0. The maximum absolute atomic E-state index is 11.1. The summed E-state index contributed by atoms with van der Waals surface area (Å²) in [4.78, 5) is 16.8. The Bertz CT molecular complexity index is 321. The number of carbonyl (C=O) groups is 1. The van der Waals surface area contributed by atoms with E-state index in [-0.39, 0.29) is 6.09 Å². The topological polar surface area (TPSA) is 42.4 Å².